The van der Waals surface area contributed by atoms with Crippen LogP contribution in [-0.2, 0) is 6.42 Å². The summed E-state index contributed by atoms with van der Waals surface area (Å²) in [5.41, 5.74) is 12.8. The lowest BCUT2D eigenvalue weighted by atomic mass is 9.96. The molecule has 0 aliphatic rings. The Hall–Kier alpha value is -1.55. The quantitative estimate of drug-likeness (QED) is 0.456. The lowest BCUT2D eigenvalue weighted by Crippen LogP contribution is -2.29. The molecule has 2 rings (SSSR count). The largest absolute Gasteiger partial charge is 0.398 e. The first-order chi connectivity index (χ1) is 9.15. The third-order valence-electron chi connectivity index (χ3n) is 3.25. The zero-order chi connectivity index (χ0) is 13.8. The van der Waals surface area contributed by atoms with Crippen LogP contribution in [0.1, 0.15) is 29.7 Å². The molecule has 1 atom stereocenters. The number of benzene rings is 2. The molecule has 0 aliphatic carbocycles. The number of anilines is 1. The maximum Gasteiger partial charge on any atom is 0.0730 e. The number of nitrogens with two attached hydrogens (primary N) is 2. The summed E-state index contributed by atoms with van der Waals surface area (Å²) < 4.78 is 0. The number of rotatable bonds is 4. The molecular formula is C15H18ClN3. The summed E-state index contributed by atoms with van der Waals surface area (Å²) in [4.78, 5) is 0. The normalized spacial score (nSPS) is 12.4. The summed E-state index contributed by atoms with van der Waals surface area (Å²) in [6.45, 7) is 2.13. The second kappa shape index (κ2) is 6.06. The lowest BCUT2D eigenvalue weighted by Gasteiger charge is -2.19. The van der Waals surface area contributed by atoms with Gasteiger partial charge in [0.05, 0.1) is 6.04 Å². The van der Waals surface area contributed by atoms with Gasteiger partial charge in [-0.25, -0.2) is 5.43 Å². The van der Waals surface area contributed by atoms with E-state index >= 15 is 0 Å². The first kappa shape index (κ1) is 13.9. The monoisotopic (exact) mass is 275 g/mol. The molecule has 2 aromatic rings. The van der Waals surface area contributed by atoms with Crippen molar-refractivity contribution in [1.82, 2.24) is 5.43 Å². The van der Waals surface area contributed by atoms with Crippen molar-refractivity contribution in [3.05, 3.63) is 64.2 Å². The van der Waals surface area contributed by atoms with E-state index < -0.39 is 0 Å². The summed E-state index contributed by atoms with van der Waals surface area (Å²) in [5, 5.41) is 0.623. The number of hydrogen-bond acceptors (Lipinski definition) is 3. The minimum atomic E-state index is -0.136. The SMILES string of the molecule is CCc1ccc(C(NN)c2ccc(Cl)cc2N)cc1. The zero-order valence-corrected chi connectivity index (χ0v) is 11.6. The average Bonchev–Trinajstić information content (AvgIpc) is 2.42. The topological polar surface area (TPSA) is 64.1 Å². The molecule has 0 bridgehead atoms. The smallest absolute Gasteiger partial charge is 0.0730 e. The van der Waals surface area contributed by atoms with E-state index in [2.05, 4.69) is 36.6 Å². The van der Waals surface area contributed by atoms with E-state index in [9.17, 15) is 0 Å². The number of hydrazine groups is 1. The summed E-state index contributed by atoms with van der Waals surface area (Å²) in [7, 11) is 0. The van der Waals surface area contributed by atoms with E-state index in [4.69, 9.17) is 23.2 Å². The van der Waals surface area contributed by atoms with Crippen molar-refractivity contribution in [3.63, 3.8) is 0 Å². The Morgan fingerprint density at radius 3 is 2.37 bits per heavy atom. The fourth-order valence-corrected chi connectivity index (χ4v) is 2.30. The molecular weight excluding hydrogens is 258 g/mol. The fraction of sp³-hybridized carbons (Fsp3) is 0.200. The minimum absolute atomic E-state index is 0.136. The Balaban J connectivity index is 2.37. The molecule has 100 valence electrons. The van der Waals surface area contributed by atoms with Gasteiger partial charge in [-0.05, 0) is 35.2 Å². The number of aryl methyl sites for hydroxylation is 1. The van der Waals surface area contributed by atoms with Gasteiger partial charge in [0.1, 0.15) is 0 Å². The highest BCUT2D eigenvalue weighted by atomic mass is 35.5. The highest BCUT2D eigenvalue weighted by Crippen LogP contribution is 2.28. The molecule has 0 aromatic heterocycles. The van der Waals surface area contributed by atoms with E-state index in [0.29, 0.717) is 10.7 Å². The van der Waals surface area contributed by atoms with Gasteiger partial charge in [0.15, 0.2) is 0 Å². The van der Waals surface area contributed by atoms with E-state index in [-0.39, 0.29) is 6.04 Å². The van der Waals surface area contributed by atoms with Crippen molar-refractivity contribution >= 4 is 17.3 Å². The first-order valence-corrected chi connectivity index (χ1v) is 6.63. The van der Waals surface area contributed by atoms with E-state index in [1.807, 2.05) is 12.1 Å². The standard InChI is InChI=1S/C15H18ClN3/c1-2-10-3-5-11(6-4-10)15(19-18)13-8-7-12(16)9-14(13)17/h3-9,15,19H,2,17-18H2,1H3. The molecule has 2 aromatic carbocycles. The van der Waals surface area contributed by atoms with Crippen molar-refractivity contribution < 1.29 is 0 Å². The molecule has 0 saturated carbocycles. The number of nitrogens with one attached hydrogen (secondary N) is 1. The van der Waals surface area contributed by atoms with Crippen LogP contribution in [0, 0.1) is 0 Å². The summed E-state index contributed by atoms with van der Waals surface area (Å²) in [6, 6.07) is 13.7. The van der Waals surface area contributed by atoms with Crippen molar-refractivity contribution in [2.45, 2.75) is 19.4 Å². The summed E-state index contributed by atoms with van der Waals surface area (Å²) in [5.74, 6) is 5.68. The second-order valence-corrected chi connectivity index (χ2v) is 4.90. The van der Waals surface area contributed by atoms with Crippen LogP contribution in [0.3, 0.4) is 0 Å². The molecule has 0 heterocycles. The Kier molecular flexibility index (Phi) is 4.43. The Morgan fingerprint density at radius 2 is 1.84 bits per heavy atom. The van der Waals surface area contributed by atoms with Crippen LogP contribution in [0.5, 0.6) is 0 Å². The van der Waals surface area contributed by atoms with Crippen molar-refractivity contribution in [2.24, 2.45) is 5.84 Å². The minimum Gasteiger partial charge on any atom is -0.398 e. The van der Waals surface area contributed by atoms with E-state index in [0.717, 1.165) is 17.5 Å². The third kappa shape index (κ3) is 3.07. The van der Waals surface area contributed by atoms with Gasteiger partial charge >= 0.3 is 0 Å². The van der Waals surface area contributed by atoms with Crippen molar-refractivity contribution in [2.75, 3.05) is 5.73 Å². The molecule has 0 saturated heterocycles. The maximum absolute atomic E-state index is 6.01. The van der Waals surface area contributed by atoms with Gasteiger partial charge in [0.2, 0.25) is 0 Å². The Labute approximate surface area is 118 Å². The first-order valence-electron chi connectivity index (χ1n) is 6.25. The number of halogens is 1. The molecule has 19 heavy (non-hydrogen) atoms. The van der Waals surface area contributed by atoms with Gasteiger partial charge < -0.3 is 5.73 Å². The fourth-order valence-electron chi connectivity index (χ4n) is 2.12. The molecule has 0 fully saturated rings. The van der Waals surface area contributed by atoms with Crippen LogP contribution in [0.4, 0.5) is 5.69 Å². The molecule has 1 unspecified atom stereocenters. The van der Waals surface area contributed by atoms with Gasteiger partial charge in [-0.1, -0.05) is 48.9 Å². The molecule has 3 nitrogen and oxygen atoms in total. The van der Waals surface area contributed by atoms with Crippen molar-refractivity contribution in [3.8, 4) is 0 Å². The molecule has 0 aliphatic heterocycles. The van der Waals surface area contributed by atoms with Crippen LogP contribution >= 0.6 is 11.6 Å². The maximum atomic E-state index is 6.01. The second-order valence-electron chi connectivity index (χ2n) is 4.47. The van der Waals surface area contributed by atoms with Crippen LogP contribution < -0.4 is 17.0 Å². The van der Waals surface area contributed by atoms with Gasteiger partial charge in [0.25, 0.3) is 0 Å². The molecule has 0 spiro atoms. The van der Waals surface area contributed by atoms with Crippen molar-refractivity contribution in [1.29, 1.82) is 0 Å². The number of nitrogen functional groups attached to an aromatic ring is 1. The average molecular weight is 276 g/mol. The zero-order valence-electron chi connectivity index (χ0n) is 10.9. The van der Waals surface area contributed by atoms with E-state index in [1.165, 1.54) is 5.56 Å². The van der Waals surface area contributed by atoms with E-state index in [1.54, 1.807) is 6.07 Å². The van der Waals surface area contributed by atoms with Gasteiger partial charge in [-0.15, -0.1) is 0 Å². The molecule has 0 amide bonds. The highest BCUT2D eigenvalue weighted by Gasteiger charge is 2.15. The van der Waals surface area contributed by atoms with Crippen LogP contribution in [-0.4, -0.2) is 0 Å². The third-order valence-corrected chi connectivity index (χ3v) is 3.48. The van der Waals surface area contributed by atoms with Gasteiger partial charge in [-0.3, -0.25) is 5.84 Å². The number of hydrogen-bond donors (Lipinski definition) is 3. The van der Waals surface area contributed by atoms with Gasteiger partial charge in [-0.2, -0.15) is 0 Å². The molecule has 4 heteroatoms. The Morgan fingerprint density at radius 1 is 1.16 bits per heavy atom. The predicted octanol–water partition coefficient (Wildman–Crippen LogP) is 3.04. The highest BCUT2D eigenvalue weighted by molar-refractivity contribution is 6.30. The van der Waals surface area contributed by atoms with Gasteiger partial charge in [0, 0.05) is 10.7 Å². The van der Waals surface area contributed by atoms with Crippen LogP contribution in [0.2, 0.25) is 5.02 Å². The summed E-state index contributed by atoms with van der Waals surface area (Å²) >= 11 is 5.92. The molecule has 0 radical (unpaired) electrons. The van der Waals surface area contributed by atoms with Crippen LogP contribution in [0.15, 0.2) is 42.5 Å². The Bertz CT molecular complexity index is 552. The van der Waals surface area contributed by atoms with Crippen LogP contribution in [0.25, 0.3) is 0 Å². The lowest BCUT2D eigenvalue weighted by molar-refractivity contribution is 0.638. The predicted molar refractivity (Wildman–Crippen MR) is 80.9 cm³/mol. The molecule has 5 N–H and O–H groups in total. The summed E-state index contributed by atoms with van der Waals surface area (Å²) in [6.07, 6.45) is 1.02.